The topological polar surface area (TPSA) is 54.6 Å². The Labute approximate surface area is 86.1 Å². The predicted octanol–water partition coefficient (Wildman–Crippen LogP) is 1.93. The molecule has 0 aliphatic heterocycles. The molecule has 0 saturated carbocycles. The Morgan fingerprint density at radius 1 is 1.57 bits per heavy atom. The molecule has 2 aromatic heterocycles. The minimum absolute atomic E-state index is 0.259. The zero-order valence-electron chi connectivity index (χ0n) is 6.74. The molecule has 0 fully saturated rings. The van der Waals surface area contributed by atoms with E-state index >= 15 is 0 Å². The van der Waals surface area contributed by atoms with Gasteiger partial charge in [0.05, 0.1) is 4.60 Å². The summed E-state index contributed by atoms with van der Waals surface area (Å²) in [6.07, 6.45) is 0. The normalized spacial score (nSPS) is 10.7. The van der Waals surface area contributed by atoms with E-state index in [1.54, 1.807) is 12.1 Å². The second-order valence-electron chi connectivity index (χ2n) is 2.60. The number of fused-ring (bicyclic) bond motifs is 1. The molecule has 0 aromatic carbocycles. The van der Waals surface area contributed by atoms with Crippen molar-refractivity contribution < 1.29 is 14.3 Å². The average molecular weight is 259 g/mol. The summed E-state index contributed by atoms with van der Waals surface area (Å²) in [6.45, 7) is 0. The van der Waals surface area contributed by atoms with Crippen LogP contribution < -0.4 is 0 Å². The molecule has 0 atom stereocenters. The van der Waals surface area contributed by atoms with Crippen LogP contribution in [0.5, 0.6) is 0 Å². The van der Waals surface area contributed by atoms with Gasteiger partial charge < -0.3 is 5.11 Å². The van der Waals surface area contributed by atoms with Crippen molar-refractivity contribution in [2.75, 3.05) is 0 Å². The number of imidazole rings is 1. The second kappa shape index (κ2) is 3.06. The van der Waals surface area contributed by atoms with Crippen LogP contribution in [0.1, 0.15) is 10.5 Å². The van der Waals surface area contributed by atoms with Gasteiger partial charge in [0, 0.05) is 0 Å². The van der Waals surface area contributed by atoms with Crippen LogP contribution in [-0.2, 0) is 0 Å². The van der Waals surface area contributed by atoms with E-state index in [0.29, 0.717) is 4.60 Å². The number of carbonyl (C=O) groups is 1. The van der Waals surface area contributed by atoms with Crippen LogP contribution in [0.3, 0.4) is 0 Å². The number of rotatable bonds is 1. The van der Waals surface area contributed by atoms with E-state index in [1.807, 2.05) is 0 Å². The van der Waals surface area contributed by atoms with Crippen molar-refractivity contribution in [3.8, 4) is 0 Å². The van der Waals surface area contributed by atoms with E-state index in [1.165, 1.54) is 6.07 Å². The number of nitrogens with zero attached hydrogens (tertiary/aromatic N) is 2. The molecule has 0 aliphatic carbocycles. The molecule has 6 heteroatoms. The molecule has 0 bridgehead atoms. The Morgan fingerprint density at radius 2 is 2.29 bits per heavy atom. The summed E-state index contributed by atoms with van der Waals surface area (Å²) in [7, 11) is 0. The molecule has 14 heavy (non-hydrogen) atoms. The van der Waals surface area contributed by atoms with Gasteiger partial charge in [0.2, 0.25) is 11.6 Å². The number of aromatic nitrogens is 2. The molecule has 1 N–H and O–H groups in total. The number of carboxylic acids is 1. The highest BCUT2D eigenvalue weighted by Gasteiger charge is 2.18. The van der Waals surface area contributed by atoms with Crippen LogP contribution in [0, 0.1) is 5.95 Å². The van der Waals surface area contributed by atoms with Crippen molar-refractivity contribution in [2.24, 2.45) is 0 Å². The van der Waals surface area contributed by atoms with E-state index in [-0.39, 0.29) is 5.65 Å². The van der Waals surface area contributed by atoms with Gasteiger partial charge in [0.15, 0.2) is 0 Å². The Hall–Kier alpha value is -1.43. The summed E-state index contributed by atoms with van der Waals surface area (Å²) in [6, 6.07) is 4.78. The zero-order valence-corrected chi connectivity index (χ0v) is 8.32. The monoisotopic (exact) mass is 258 g/mol. The van der Waals surface area contributed by atoms with Crippen molar-refractivity contribution in [3.05, 3.63) is 34.4 Å². The molecule has 2 rings (SSSR count). The third kappa shape index (κ3) is 1.19. The van der Waals surface area contributed by atoms with Gasteiger partial charge in [0.1, 0.15) is 5.65 Å². The first-order valence-corrected chi connectivity index (χ1v) is 4.46. The Balaban J connectivity index is 2.87. The molecule has 2 heterocycles. The molecule has 0 unspecified atom stereocenters. The molecule has 0 amide bonds. The van der Waals surface area contributed by atoms with Crippen LogP contribution >= 0.6 is 15.9 Å². The zero-order chi connectivity index (χ0) is 10.3. The lowest BCUT2D eigenvalue weighted by Gasteiger charge is -1.95. The lowest BCUT2D eigenvalue weighted by atomic mass is 10.5. The molecule has 4 nitrogen and oxygen atoms in total. The SMILES string of the molecule is O=C(O)c1nc2cccc(Br)n2c1F. The Morgan fingerprint density at radius 3 is 2.86 bits per heavy atom. The molecule has 0 spiro atoms. The molecular weight excluding hydrogens is 255 g/mol. The van der Waals surface area contributed by atoms with Crippen molar-refractivity contribution in [3.63, 3.8) is 0 Å². The lowest BCUT2D eigenvalue weighted by Crippen LogP contribution is -2.00. The van der Waals surface area contributed by atoms with Crippen molar-refractivity contribution in [2.45, 2.75) is 0 Å². The Bertz CT molecular complexity index is 523. The highest BCUT2D eigenvalue weighted by molar-refractivity contribution is 9.10. The number of hydrogen-bond acceptors (Lipinski definition) is 2. The van der Waals surface area contributed by atoms with Gasteiger partial charge in [-0.1, -0.05) is 6.07 Å². The van der Waals surface area contributed by atoms with E-state index < -0.39 is 17.6 Å². The molecule has 0 saturated heterocycles. The van der Waals surface area contributed by atoms with Crippen LogP contribution in [0.25, 0.3) is 5.65 Å². The van der Waals surface area contributed by atoms with E-state index in [2.05, 4.69) is 20.9 Å². The largest absolute Gasteiger partial charge is 0.476 e. The number of hydrogen-bond donors (Lipinski definition) is 1. The van der Waals surface area contributed by atoms with Crippen LogP contribution in [-0.4, -0.2) is 20.5 Å². The lowest BCUT2D eigenvalue weighted by molar-refractivity contribution is 0.0685. The number of aromatic carboxylic acids is 1. The van der Waals surface area contributed by atoms with Gasteiger partial charge in [-0.15, -0.1) is 0 Å². The van der Waals surface area contributed by atoms with Crippen LogP contribution in [0.4, 0.5) is 4.39 Å². The van der Waals surface area contributed by atoms with Crippen LogP contribution in [0.15, 0.2) is 22.8 Å². The third-order valence-electron chi connectivity index (χ3n) is 1.74. The summed E-state index contributed by atoms with van der Waals surface area (Å²) >= 11 is 3.10. The van der Waals surface area contributed by atoms with Gasteiger partial charge in [-0.2, -0.15) is 4.39 Å². The standard InChI is InChI=1S/C8H4BrFN2O2/c9-4-2-1-3-5-11-6(8(13)14)7(10)12(4)5/h1-3H,(H,13,14). The van der Waals surface area contributed by atoms with Crippen molar-refractivity contribution >= 4 is 27.5 Å². The average Bonchev–Trinajstić information content (AvgIpc) is 2.45. The molecule has 0 aliphatic rings. The summed E-state index contributed by atoms with van der Waals surface area (Å²) in [5.74, 6) is -2.25. The van der Waals surface area contributed by atoms with Gasteiger partial charge in [-0.25, -0.2) is 9.78 Å². The van der Waals surface area contributed by atoms with E-state index in [4.69, 9.17) is 5.11 Å². The number of pyridine rings is 1. The van der Waals surface area contributed by atoms with E-state index in [9.17, 15) is 9.18 Å². The minimum Gasteiger partial charge on any atom is -0.476 e. The fraction of sp³-hybridized carbons (Fsp3) is 0. The quantitative estimate of drug-likeness (QED) is 0.796. The second-order valence-corrected chi connectivity index (χ2v) is 3.41. The van der Waals surface area contributed by atoms with Crippen molar-refractivity contribution in [1.29, 1.82) is 0 Å². The summed E-state index contributed by atoms with van der Waals surface area (Å²) < 4.78 is 14.9. The Kier molecular flexibility index (Phi) is 1.99. The maximum atomic E-state index is 13.4. The van der Waals surface area contributed by atoms with Gasteiger partial charge in [0.25, 0.3) is 0 Å². The summed E-state index contributed by atoms with van der Waals surface area (Å²) in [4.78, 5) is 14.2. The van der Waals surface area contributed by atoms with Crippen LogP contribution in [0.2, 0.25) is 0 Å². The summed E-state index contributed by atoms with van der Waals surface area (Å²) in [5.41, 5.74) is -0.314. The third-order valence-corrected chi connectivity index (χ3v) is 2.36. The maximum absolute atomic E-state index is 13.4. The predicted molar refractivity (Wildman–Crippen MR) is 49.8 cm³/mol. The van der Waals surface area contributed by atoms with E-state index in [0.717, 1.165) is 4.40 Å². The van der Waals surface area contributed by atoms with Gasteiger partial charge in [-0.05, 0) is 28.1 Å². The molecule has 0 radical (unpaired) electrons. The van der Waals surface area contributed by atoms with Gasteiger partial charge >= 0.3 is 5.97 Å². The molecule has 2 aromatic rings. The fourth-order valence-electron chi connectivity index (χ4n) is 1.16. The van der Waals surface area contributed by atoms with Crippen molar-refractivity contribution in [1.82, 2.24) is 9.38 Å². The highest BCUT2D eigenvalue weighted by Crippen LogP contribution is 2.17. The van der Waals surface area contributed by atoms with Gasteiger partial charge in [-0.3, -0.25) is 4.40 Å². The first-order valence-electron chi connectivity index (χ1n) is 3.67. The minimum atomic E-state index is -1.38. The molecule has 72 valence electrons. The maximum Gasteiger partial charge on any atom is 0.359 e. The smallest absolute Gasteiger partial charge is 0.359 e. The summed E-state index contributed by atoms with van der Waals surface area (Å²) in [5, 5.41) is 8.63. The highest BCUT2D eigenvalue weighted by atomic mass is 79.9. The molecular formula is C8H4BrFN2O2. The number of carboxylic acid groups (broad SMARTS) is 1. The first-order chi connectivity index (χ1) is 6.61. The fourth-order valence-corrected chi connectivity index (χ4v) is 1.65. The number of halogens is 2. The first kappa shape index (κ1) is 9.14.